The number of benzene rings is 1. The summed E-state index contributed by atoms with van der Waals surface area (Å²) in [5.74, 6) is 1.69. The van der Waals surface area contributed by atoms with Gasteiger partial charge in [0, 0.05) is 78.1 Å². The van der Waals surface area contributed by atoms with Crippen molar-refractivity contribution in [1.29, 1.82) is 0 Å². The molecule has 7 heteroatoms. The van der Waals surface area contributed by atoms with Crippen molar-refractivity contribution in [2.45, 2.75) is 32.6 Å². The highest BCUT2D eigenvalue weighted by Crippen LogP contribution is 2.20. The third-order valence-electron chi connectivity index (χ3n) is 6.39. The van der Waals surface area contributed by atoms with E-state index in [0.717, 1.165) is 84.1 Å². The van der Waals surface area contributed by atoms with E-state index in [4.69, 9.17) is 4.99 Å². The molecule has 2 N–H and O–H groups in total. The van der Waals surface area contributed by atoms with Gasteiger partial charge in [0.15, 0.2) is 5.96 Å². The van der Waals surface area contributed by atoms with Crippen molar-refractivity contribution in [1.82, 2.24) is 20.4 Å². The van der Waals surface area contributed by atoms with Gasteiger partial charge in [-0.1, -0.05) is 18.2 Å². The number of carbonyl (C=O) groups is 1. The highest BCUT2D eigenvalue weighted by Gasteiger charge is 2.23. The molecule has 7 nitrogen and oxygen atoms in total. The van der Waals surface area contributed by atoms with Gasteiger partial charge >= 0.3 is 0 Å². The van der Waals surface area contributed by atoms with Crippen LogP contribution in [0, 0.1) is 5.92 Å². The molecule has 0 unspecified atom stereocenters. The number of nitrogens with one attached hydrogen (secondary N) is 2. The van der Waals surface area contributed by atoms with E-state index in [-0.39, 0.29) is 5.91 Å². The highest BCUT2D eigenvalue weighted by molar-refractivity contribution is 5.80. The van der Waals surface area contributed by atoms with Crippen molar-refractivity contribution in [3.05, 3.63) is 30.3 Å². The summed E-state index contributed by atoms with van der Waals surface area (Å²) in [6.07, 6.45) is 3.86. The van der Waals surface area contributed by atoms with Gasteiger partial charge in [0.05, 0.1) is 0 Å². The van der Waals surface area contributed by atoms with Crippen LogP contribution >= 0.6 is 0 Å². The van der Waals surface area contributed by atoms with Gasteiger partial charge in [0.25, 0.3) is 0 Å². The minimum atomic E-state index is 0.156. The van der Waals surface area contributed by atoms with Crippen LogP contribution in [0.1, 0.15) is 32.6 Å². The molecule has 1 aromatic rings. The Kier molecular flexibility index (Phi) is 9.46. The molecule has 2 fully saturated rings. The summed E-state index contributed by atoms with van der Waals surface area (Å²) >= 11 is 0. The summed E-state index contributed by atoms with van der Waals surface area (Å²) in [5.41, 5.74) is 1.33. The first-order valence-corrected chi connectivity index (χ1v) is 12.0. The van der Waals surface area contributed by atoms with Gasteiger partial charge in [-0.15, -0.1) is 0 Å². The lowest BCUT2D eigenvalue weighted by atomic mass is 9.93. The SMILES string of the molecule is CCNC(=NCCCN1CCN(c2ccccc2)CC1)N1CCC(CC(=O)NC)CC1. The number of guanidine groups is 1. The Hall–Kier alpha value is -2.28. The van der Waals surface area contributed by atoms with Crippen LogP contribution in [0.3, 0.4) is 0 Å². The molecule has 0 aromatic heterocycles. The van der Waals surface area contributed by atoms with Crippen molar-refractivity contribution in [3.8, 4) is 0 Å². The maximum atomic E-state index is 11.6. The molecule has 0 aliphatic carbocycles. The number of rotatable bonds is 8. The number of piperazine rings is 1. The van der Waals surface area contributed by atoms with Gasteiger partial charge in [-0.2, -0.15) is 0 Å². The van der Waals surface area contributed by atoms with Crippen LogP contribution in [0.4, 0.5) is 5.69 Å². The number of amides is 1. The van der Waals surface area contributed by atoms with Crippen molar-refractivity contribution in [2.75, 3.05) is 70.9 Å². The largest absolute Gasteiger partial charge is 0.369 e. The minimum Gasteiger partial charge on any atom is -0.369 e. The summed E-state index contributed by atoms with van der Waals surface area (Å²) in [5, 5.41) is 6.20. The zero-order valence-corrected chi connectivity index (χ0v) is 19.4. The number of para-hydroxylation sites is 1. The van der Waals surface area contributed by atoms with Gasteiger partial charge in [-0.05, 0) is 44.2 Å². The summed E-state index contributed by atoms with van der Waals surface area (Å²) in [6.45, 7) is 11.4. The zero-order valence-electron chi connectivity index (χ0n) is 19.4. The van der Waals surface area contributed by atoms with Crippen molar-refractivity contribution in [2.24, 2.45) is 10.9 Å². The van der Waals surface area contributed by atoms with Crippen LogP contribution in [0.25, 0.3) is 0 Å². The average molecular weight is 429 g/mol. The summed E-state index contributed by atoms with van der Waals surface area (Å²) in [6, 6.07) is 10.7. The van der Waals surface area contributed by atoms with E-state index < -0.39 is 0 Å². The molecule has 1 aromatic carbocycles. The first kappa shape index (κ1) is 23.4. The maximum Gasteiger partial charge on any atom is 0.220 e. The van der Waals surface area contributed by atoms with E-state index in [1.807, 2.05) is 0 Å². The van der Waals surface area contributed by atoms with E-state index in [1.54, 1.807) is 7.05 Å². The molecular formula is C24H40N6O. The third kappa shape index (κ3) is 7.42. The molecule has 172 valence electrons. The second kappa shape index (κ2) is 12.5. The maximum absolute atomic E-state index is 11.6. The van der Waals surface area contributed by atoms with Gasteiger partial charge in [0.1, 0.15) is 0 Å². The van der Waals surface area contributed by atoms with Crippen molar-refractivity contribution in [3.63, 3.8) is 0 Å². The first-order valence-electron chi connectivity index (χ1n) is 12.0. The van der Waals surface area contributed by atoms with Gasteiger partial charge in [-0.3, -0.25) is 14.7 Å². The normalized spacial score (nSPS) is 18.8. The fourth-order valence-electron chi connectivity index (χ4n) is 4.49. The number of nitrogens with zero attached hydrogens (tertiary/aromatic N) is 4. The van der Waals surface area contributed by atoms with Crippen molar-refractivity contribution >= 4 is 17.6 Å². The molecule has 2 heterocycles. The summed E-state index contributed by atoms with van der Waals surface area (Å²) in [4.78, 5) is 23.9. The van der Waals surface area contributed by atoms with E-state index >= 15 is 0 Å². The number of likely N-dealkylation sites (tertiary alicyclic amines) is 1. The fourth-order valence-corrected chi connectivity index (χ4v) is 4.49. The Morgan fingerprint density at radius 2 is 1.77 bits per heavy atom. The predicted molar refractivity (Wildman–Crippen MR) is 129 cm³/mol. The second-order valence-electron chi connectivity index (χ2n) is 8.56. The number of piperidine rings is 1. The van der Waals surface area contributed by atoms with E-state index in [0.29, 0.717) is 12.3 Å². The zero-order chi connectivity index (χ0) is 21.9. The van der Waals surface area contributed by atoms with Crippen LogP contribution in [0.2, 0.25) is 0 Å². The summed E-state index contributed by atoms with van der Waals surface area (Å²) in [7, 11) is 1.72. The Morgan fingerprint density at radius 3 is 2.42 bits per heavy atom. The molecule has 31 heavy (non-hydrogen) atoms. The van der Waals surface area contributed by atoms with Crippen LogP contribution in [0.15, 0.2) is 35.3 Å². The number of aliphatic imine (C=N–C) groups is 1. The minimum absolute atomic E-state index is 0.156. The number of carbonyl (C=O) groups excluding carboxylic acids is 1. The Morgan fingerprint density at radius 1 is 1.06 bits per heavy atom. The highest BCUT2D eigenvalue weighted by atomic mass is 16.1. The Balaban J connectivity index is 1.37. The average Bonchev–Trinajstić information content (AvgIpc) is 2.82. The quantitative estimate of drug-likeness (QED) is 0.377. The van der Waals surface area contributed by atoms with E-state index in [1.165, 1.54) is 5.69 Å². The monoisotopic (exact) mass is 428 g/mol. The Labute approximate surface area is 187 Å². The molecule has 0 atom stereocenters. The molecule has 0 bridgehead atoms. The van der Waals surface area contributed by atoms with E-state index in [2.05, 4.69) is 62.6 Å². The molecule has 2 aliphatic heterocycles. The molecule has 3 rings (SSSR count). The lowest BCUT2D eigenvalue weighted by Gasteiger charge is -2.36. The van der Waals surface area contributed by atoms with E-state index in [9.17, 15) is 4.79 Å². The van der Waals surface area contributed by atoms with Gasteiger partial charge in [0.2, 0.25) is 5.91 Å². The summed E-state index contributed by atoms with van der Waals surface area (Å²) < 4.78 is 0. The van der Waals surface area contributed by atoms with Crippen molar-refractivity contribution < 1.29 is 4.79 Å². The number of anilines is 1. The van der Waals surface area contributed by atoms with Crippen LogP contribution in [-0.2, 0) is 4.79 Å². The standard InChI is InChI=1S/C24H40N6O/c1-3-26-24(30-14-10-21(11-15-30)20-23(31)25-2)27-12-7-13-28-16-18-29(19-17-28)22-8-5-4-6-9-22/h4-6,8-9,21H,3,7,10-20H2,1-2H3,(H,25,31)(H,26,27). The smallest absolute Gasteiger partial charge is 0.220 e. The second-order valence-corrected chi connectivity index (χ2v) is 8.56. The number of hydrogen-bond acceptors (Lipinski definition) is 4. The van der Waals surface area contributed by atoms with Gasteiger partial charge < -0.3 is 20.4 Å². The molecule has 0 radical (unpaired) electrons. The molecule has 2 aliphatic rings. The lowest BCUT2D eigenvalue weighted by molar-refractivity contribution is -0.121. The number of hydrogen-bond donors (Lipinski definition) is 2. The first-order chi connectivity index (χ1) is 15.2. The predicted octanol–water partition coefficient (Wildman–Crippen LogP) is 2.01. The molecular weight excluding hydrogens is 388 g/mol. The molecule has 1 amide bonds. The lowest BCUT2D eigenvalue weighted by Crippen LogP contribution is -2.47. The molecule has 0 saturated carbocycles. The van der Waals surface area contributed by atoms with Gasteiger partial charge in [-0.25, -0.2) is 0 Å². The Bertz CT molecular complexity index is 679. The van der Waals surface area contributed by atoms with Crippen LogP contribution < -0.4 is 15.5 Å². The fraction of sp³-hybridized carbons (Fsp3) is 0.667. The molecule has 2 saturated heterocycles. The topological polar surface area (TPSA) is 63.2 Å². The third-order valence-corrected chi connectivity index (χ3v) is 6.39. The van der Waals surface area contributed by atoms with Crippen LogP contribution in [0.5, 0.6) is 0 Å². The van der Waals surface area contributed by atoms with Crippen LogP contribution in [-0.4, -0.2) is 87.6 Å². The molecule has 0 spiro atoms.